The fraction of sp³-hybridized carbons (Fsp3) is 0.538. The predicted octanol–water partition coefficient (Wildman–Crippen LogP) is 2.54. The summed E-state index contributed by atoms with van der Waals surface area (Å²) >= 11 is 0. The van der Waals surface area contributed by atoms with Crippen molar-refractivity contribution >= 4 is 6.29 Å². The maximum absolute atomic E-state index is 10.6. The van der Waals surface area contributed by atoms with Crippen LogP contribution in [0.1, 0.15) is 39.2 Å². The Labute approximate surface area is 91.9 Å². The maximum atomic E-state index is 10.6. The molecule has 0 fully saturated rings. The lowest BCUT2D eigenvalue weighted by Crippen LogP contribution is -2.38. The first-order chi connectivity index (χ1) is 7.24. The number of hydrogen-bond donors (Lipinski definition) is 0. The van der Waals surface area contributed by atoms with Crippen LogP contribution in [-0.2, 0) is 4.79 Å². The number of pyridine rings is 1. The highest BCUT2D eigenvalue weighted by molar-refractivity contribution is 5.49. The molecule has 82 valence electrons. The molecule has 0 N–H and O–H groups in total. The van der Waals surface area contributed by atoms with E-state index in [1.165, 1.54) is 6.42 Å². The summed E-state index contributed by atoms with van der Waals surface area (Å²) in [6.45, 7) is 4.43. The summed E-state index contributed by atoms with van der Waals surface area (Å²) in [5.74, 6) is 0.698. The van der Waals surface area contributed by atoms with Gasteiger partial charge in [-0.05, 0) is 12.3 Å². The van der Waals surface area contributed by atoms with E-state index < -0.39 is 0 Å². The largest absolute Gasteiger partial charge is 0.303 e. The van der Waals surface area contributed by atoms with Crippen molar-refractivity contribution in [3.8, 4) is 0 Å². The molecule has 0 aliphatic rings. The highest BCUT2D eigenvalue weighted by Gasteiger charge is 2.17. The van der Waals surface area contributed by atoms with E-state index in [4.69, 9.17) is 0 Å². The highest BCUT2D eigenvalue weighted by Crippen LogP contribution is 2.14. The van der Waals surface area contributed by atoms with Gasteiger partial charge < -0.3 is 4.79 Å². The third-order valence-corrected chi connectivity index (χ3v) is 2.61. The molecule has 0 amide bonds. The van der Waals surface area contributed by atoms with E-state index in [0.717, 1.165) is 12.7 Å². The van der Waals surface area contributed by atoms with Crippen molar-refractivity contribution in [1.82, 2.24) is 0 Å². The van der Waals surface area contributed by atoms with Gasteiger partial charge in [-0.15, -0.1) is 0 Å². The summed E-state index contributed by atoms with van der Waals surface area (Å²) in [6, 6.07) is 6.34. The highest BCUT2D eigenvalue weighted by atomic mass is 16.1. The van der Waals surface area contributed by atoms with Crippen molar-refractivity contribution in [1.29, 1.82) is 0 Å². The molecule has 1 heterocycles. The van der Waals surface area contributed by atoms with E-state index in [0.29, 0.717) is 18.4 Å². The van der Waals surface area contributed by atoms with Gasteiger partial charge in [0, 0.05) is 18.6 Å². The van der Waals surface area contributed by atoms with Crippen molar-refractivity contribution in [3.63, 3.8) is 0 Å². The minimum atomic E-state index is 0.325. The van der Waals surface area contributed by atoms with E-state index in [-0.39, 0.29) is 0 Å². The summed E-state index contributed by atoms with van der Waals surface area (Å²) in [4.78, 5) is 10.6. The molecule has 1 atom stereocenters. The van der Waals surface area contributed by atoms with Crippen LogP contribution in [0.4, 0.5) is 0 Å². The van der Waals surface area contributed by atoms with Crippen molar-refractivity contribution in [2.24, 2.45) is 5.92 Å². The van der Waals surface area contributed by atoms with Crippen LogP contribution in [0.5, 0.6) is 0 Å². The van der Waals surface area contributed by atoms with E-state index in [1.807, 2.05) is 30.6 Å². The Morgan fingerprint density at radius 3 is 2.33 bits per heavy atom. The maximum Gasteiger partial charge on any atom is 0.169 e. The molecule has 0 aliphatic carbocycles. The molecule has 1 rings (SSSR count). The van der Waals surface area contributed by atoms with Crippen molar-refractivity contribution in [2.45, 2.75) is 39.2 Å². The van der Waals surface area contributed by atoms with Crippen molar-refractivity contribution in [3.05, 3.63) is 30.6 Å². The fourth-order valence-electron chi connectivity index (χ4n) is 1.68. The first kappa shape index (κ1) is 11.9. The number of nitrogens with zero attached hydrogens (tertiary/aromatic N) is 1. The Bertz CT molecular complexity index is 282. The van der Waals surface area contributed by atoms with Crippen LogP contribution in [0.2, 0.25) is 0 Å². The zero-order valence-corrected chi connectivity index (χ0v) is 9.60. The first-order valence-electron chi connectivity index (χ1n) is 5.63. The first-order valence-corrected chi connectivity index (χ1v) is 5.63. The topological polar surface area (TPSA) is 20.9 Å². The van der Waals surface area contributed by atoms with Gasteiger partial charge in [0.05, 0.1) is 6.42 Å². The predicted molar refractivity (Wildman–Crippen MR) is 60.4 cm³/mol. The van der Waals surface area contributed by atoms with Gasteiger partial charge in [-0.1, -0.05) is 19.9 Å². The van der Waals surface area contributed by atoms with E-state index >= 15 is 0 Å². The number of carbonyl (C=O) groups is 1. The molecule has 0 aliphatic heterocycles. The molecule has 1 aromatic rings. The third kappa shape index (κ3) is 4.24. The lowest BCUT2D eigenvalue weighted by atomic mass is 10.0. The zero-order chi connectivity index (χ0) is 11.1. The van der Waals surface area contributed by atoms with Gasteiger partial charge in [-0.25, -0.2) is 4.57 Å². The van der Waals surface area contributed by atoms with Gasteiger partial charge in [-0.3, -0.25) is 0 Å². The van der Waals surface area contributed by atoms with Gasteiger partial charge >= 0.3 is 0 Å². The normalized spacial score (nSPS) is 12.7. The molecule has 0 radical (unpaired) electrons. The number of aldehydes is 1. The van der Waals surface area contributed by atoms with Crippen LogP contribution in [0.15, 0.2) is 30.6 Å². The zero-order valence-electron chi connectivity index (χ0n) is 9.60. The van der Waals surface area contributed by atoms with Gasteiger partial charge in [0.15, 0.2) is 18.4 Å². The minimum absolute atomic E-state index is 0.325. The van der Waals surface area contributed by atoms with E-state index in [1.54, 1.807) is 0 Å². The molecule has 2 nitrogen and oxygen atoms in total. The number of rotatable bonds is 6. The average Bonchev–Trinajstić information content (AvgIpc) is 2.25. The quantitative estimate of drug-likeness (QED) is 0.517. The second-order valence-corrected chi connectivity index (χ2v) is 4.35. The fourth-order valence-corrected chi connectivity index (χ4v) is 1.68. The average molecular weight is 206 g/mol. The Morgan fingerprint density at radius 2 is 1.80 bits per heavy atom. The molecule has 0 bridgehead atoms. The van der Waals surface area contributed by atoms with E-state index in [2.05, 4.69) is 18.4 Å². The second kappa shape index (κ2) is 6.33. The lowest BCUT2D eigenvalue weighted by molar-refractivity contribution is -0.722. The molecule has 1 aromatic heterocycles. The van der Waals surface area contributed by atoms with Crippen molar-refractivity contribution in [2.75, 3.05) is 0 Å². The van der Waals surface area contributed by atoms with Gasteiger partial charge in [0.25, 0.3) is 0 Å². The molecule has 2 heteroatoms. The van der Waals surface area contributed by atoms with Crippen LogP contribution in [0.3, 0.4) is 0 Å². The molecule has 1 unspecified atom stereocenters. The van der Waals surface area contributed by atoms with Gasteiger partial charge in [-0.2, -0.15) is 0 Å². The summed E-state index contributed by atoms with van der Waals surface area (Å²) in [7, 11) is 0. The molecule has 0 aromatic carbocycles. The Balaban J connectivity index is 2.61. The Morgan fingerprint density at radius 1 is 1.13 bits per heavy atom. The Kier molecular flexibility index (Phi) is 5.02. The molecular weight excluding hydrogens is 186 g/mol. The molecule has 0 saturated carbocycles. The smallest absolute Gasteiger partial charge is 0.169 e. The molecule has 0 saturated heterocycles. The van der Waals surface area contributed by atoms with Crippen LogP contribution in [0, 0.1) is 5.92 Å². The minimum Gasteiger partial charge on any atom is -0.303 e. The standard InChI is InChI=1S/C13H20NO/c1-12(2)6-7-13(8-11-15)14-9-4-3-5-10-14/h3-5,9-13H,6-8H2,1-2H3/q+1. The monoisotopic (exact) mass is 206 g/mol. The van der Waals surface area contributed by atoms with Crippen LogP contribution in [0.25, 0.3) is 0 Å². The second-order valence-electron chi connectivity index (χ2n) is 4.35. The summed E-state index contributed by atoms with van der Waals surface area (Å²) < 4.78 is 2.14. The lowest BCUT2D eigenvalue weighted by Gasteiger charge is -2.10. The van der Waals surface area contributed by atoms with E-state index in [9.17, 15) is 4.79 Å². The van der Waals surface area contributed by atoms with Crippen LogP contribution < -0.4 is 4.57 Å². The van der Waals surface area contributed by atoms with Gasteiger partial charge in [0.1, 0.15) is 6.29 Å². The third-order valence-electron chi connectivity index (χ3n) is 2.61. The Hall–Kier alpha value is -1.18. The SMILES string of the molecule is CC(C)CCC(CC=O)[n+]1ccccc1. The van der Waals surface area contributed by atoms with Crippen LogP contribution in [-0.4, -0.2) is 6.29 Å². The number of aromatic nitrogens is 1. The molecular formula is C13H20NO+. The summed E-state index contributed by atoms with van der Waals surface area (Å²) in [6.07, 6.45) is 7.95. The summed E-state index contributed by atoms with van der Waals surface area (Å²) in [5, 5.41) is 0. The van der Waals surface area contributed by atoms with Gasteiger partial charge in [0.2, 0.25) is 0 Å². The number of carbonyl (C=O) groups excluding carboxylic acids is 1. The summed E-state index contributed by atoms with van der Waals surface area (Å²) in [5.41, 5.74) is 0. The molecule has 0 spiro atoms. The van der Waals surface area contributed by atoms with Crippen molar-refractivity contribution < 1.29 is 9.36 Å². The number of hydrogen-bond acceptors (Lipinski definition) is 1. The van der Waals surface area contributed by atoms with Crippen LogP contribution >= 0.6 is 0 Å². The molecule has 15 heavy (non-hydrogen) atoms.